The van der Waals surface area contributed by atoms with Crippen LogP contribution in [0, 0.1) is 13.8 Å². The minimum Gasteiger partial charge on any atom is -0.497 e. The minimum atomic E-state index is -0.255. The summed E-state index contributed by atoms with van der Waals surface area (Å²) in [5.74, 6) is 0.109. The van der Waals surface area contributed by atoms with Crippen molar-refractivity contribution in [1.29, 1.82) is 0 Å². The van der Waals surface area contributed by atoms with Crippen LogP contribution in [-0.4, -0.2) is 23.5 Å². The fourth-order valence-electron chi connectivity index (χ4n) is 3.21. The van der Waals surface area contributed by atoms with Gasteiger partial charge < -0.3 is 19.9 Å². The van der Waals surface area contributed by atoms with E-state index in [2.05, 4.69) is 10.6 Å². The third kappa shape index (κ3) is 3.91. The lowest BCUT2D eigenvalue weighted by atomic mass is 10.2. The number of benzene rings is 2. The molecule has 144 valence electrons. The van der Waals surface area contributed by atoms with Gasteiger partial charge in [0.1, 0.15) is 5.75 Å². The standard InChI is InChI=1S/C22H23N3O3/c1-14-12-19(15(2)25(14)17-8-6-5-7-9-17)22(27)24-21-13-18(28-4)10-11-20(21)23-16(3)26/h5-13H,1-4H3,(H,23,26)(H,24,27). The summed E-state index contributed by atoms with van der Waals surface area (Å²) in [5, 5.41) is 5.62. The average Bonchev–Trinajstić information content (AvgIpc) is 2.97. The molecule has 6 heteroatoms. The molecule has 6 nitrogen and oxygen atoms in total. The lowest BCUT2D eigenvalue weighted by Crippen LogP contribution is -2.16. The van der Waals surface area contributed by atoms with Gasteiger partial charge in [-0.05, 0) is 44.2 Å². The van der Waals surface area contributed by atoms with Crippen molar-refractivity contribution in [2.75, 3.05) is 17.7 Å². The number of carbonyl (C=O) groups is 2. The molecule has 3 aromatic rings. The van der Waals surface area contributed by atoms with E-state index in [1.807, 2.05) is 54.8 Å². The van der Waals surface area contributed by atoms with Crippen LogP contribution >= 0.6 is 0 Å². The second-order valence-electron chi connectivity index (χ2n) is 6.50. The molecular weight excluding hydrogens is 354 g/mol. The number of amides is 2. The summed E-state index contributed by atoms with van der Waals surface area (Å²) < 4.78 is 7.28. The van der Waals surface area contributed by atoms with Crippen LogP contribution in [0.1, 0.15) is 28.7 Å². The number of methoxy groups -OCH3 is 1. The Hall–Kier alpha value is -3.54. The highest BCUT2D eigenvalue weighted by molar-refractivity contribution is 6.08. The van der Waals surface area contributed by atoms with Crippen molar-refractivity contribution >= 4 is 23.2 Å². The van der Waals surface area contributed by atoms with E-state index < -0.39 is 0 Å². The third-order valence-corrected chi connectivity index (χ3v) is 4.48. The topological polar surface area (TPSA) is 72.4 Å². The summed E-state index contributed by atoms with van der Waals surface area (Å²) in [6, 6.07) is 16.8. The second kappa shape index (κ2) is 8.00. The average molecular weight is 377 g/mol. The summed E-state index contributed by atoms with van der Waals surface area (Å²) in [7, 11) is 1.55. The van der Waals surface area contributed by atoms with Crippen molar-refractivity contribution in [1.82, 2.24) is 4.57 Å². The Morgan fingerprint density at radius 2 is 1.64 bits per heavy atom. The van der Waals surface area contributed by atoms with Crippen LogP contribution in [0.25, 0.3) is 5.69 Å². The van der Waals surface area contributed by atoms with Gasteiger partial charge in [0.25, 0.3) is 5.91 Å². The van der Waals surface area contributed by atoms with Gasteiger partial charge in [-0.25, -0.2) is 0 Å². The number of carbonyl (C=O) groups excluding carboxylic acids is 2. The first kappa shape index (κ1) is 19.2. The Morgan fingerprint density at radius 3 is 2.29 bits per heavy atom. The number of nitrogens with one attached hydrogen (secondary N) is 2. The second-order valence-corrected chi connectivity index (χ2v) is 6.50. The van der Waals surface area contributed by atoms with E-state index in [1.165, 1.54) is 6.92 Å². The number of hydrogen-bond donors (Lipinski definition) is 2. The Labute approximate surface area is 164 Å². The molecule has 0 radical (unpaired) electrons. The molecule has 0 aliphatic heterocycles. The normalized spacial score (nSPS) is 10.4. The zero-order valence-corrected chi connectivity index (χ0v) is 16.4. The summed E-state index contributed by atoms with van der Waals surface area (Å²) in [6.45, 7) is 5.30. The van der Waals surface area contributed by atoms with E-state index in [0.717, 1.165) is 17.1 Å². The van der Waals surface area contributed by atoms with Gasteiger partial charge in [-0.3, -0.25) is 9.59 Å². The third-order valence-electron chi connectivity index (χ3n) is 4.48. The quantitative estimate of drug-likeness (QED) is 0.696. The molecule has 0 bridgehead atoms. The van der Waals surface area contributed by atoms with Gasteiger partial charge >= 0.3 is 0 Å². The lowest BCUT2D eigenvalue weighted by molar-refractivity contribution is -0.114. The van der Waals surface area contributed by atoms with Crippen LogP contribution in [-0.2, 0) is 4.79 Å². The predicted octanol–water partition coefficient (Wildman–Crippen LogP) is 4.31. The number of aromatic nitrogens is 1. The summed E-state index contributed by atoms with van der Waals surface area (Å²) in [5.41, 5.74) is 4.35. The largest absolute Gasteiger partial charge is 0.497 e. The molecule has 2 amide bonds. The highest BCUT2D eigenvalue weighted by Crippen LogP contribution is 2.29. The lowest BCUT2D eigenvalue weighted by Gasteiger charge is -2.13. The van der Waals surface area contributed by atoms with Crippen molar-refractivity contribution in [3.05, 3.63) is 71.5 Å². The van der Waals surface area contributed by atoms with Crippen molar-refractivity contribution in [2.45, 2.75) is 20.8 Å². The molecule has 0 spiro atoms. The Bertz CT molecular complexity index is 1020. The molecule has 0 saturated heterocycles. The van der Waals surface area contributed by atoms with Crippen molar-refractivity contribution in [3.8, 4) is 11.4 Å². The molecule has 0 fully saturated rings. The van der Waals surface area contributed by atoms with Gasteiger partial charge in [-0.15, -0.1) is 0 Å². The zero-order chi connectivity index (χ0) is 20.3. The first-order valence-corrected chi connectivity index (χ1v) is 8.92. The molecule has 0 saturated carbocycles. The van der Waals surface area contributed by atoms with Gasteiger partial charge in [-0.2, -0.15) is 0 Å². The van der Waals surface area contributed by atoms with Crippen LogP contribution in [0.15, 0.2) is 54.6 Å². The van der Waals surface area contributed by atoms with Gasteiger partial charge in [0.15, 0.2) is 0 Å². The van der Waals surface area contributed by atoms with E-state index in [4.69, 9.17) is 4.74 Å². The Morgan fingerprint density at radius 1 is 0.929 bits per heavy atom. The molecule has 2 aromatic carbocycles. The number of nitrogens with zero attached hydrogens (tertiary/aromatic N) is 1. The maximum Gasteiger partial charge on any atom is 0.257 e. The Kier molecular flexibility index (Phi) is 5.49. The molecule has 1 aromatic heterocycles. The van der Waals surface area contributed by atoms with E-state index in [-0.39, 0.29) is 11.8 Å². The number of hydrogen-bond acceptors (Lipinski definition) is 3. The molecule has 3 rings (SSSR count). The molecule has 0 aliphatic rings. The van der Waals surface area contributed by atoms with Crippen LogP contribution in [0.2, 0.25) is 0 Å². The van der Waals surface area contributed by atoms with Gasteiger partial charge in [0, 0.05) is 30.1 Å². The first-order valence-electron chi connectivity index (χ1n) is 8.92. The van der Waals surface area contributed by atoms with Crippen molar-refractivity contribution < 1.29 is 14.3 Å². The maximum atomic E-state index is 13.0. The number of para-hydroxylation sites is 1. The molecule has 28 heavy (non-hydrogen) atoms. The SMILES string of the molecule is COc1ccc(NC(C)=O)c(NC(=O)c2cc(C)n(-c3ccccc3)c2C)c1. The number of rotatable bonds is 5. The minimum absolute atomic E-state index is 0.220. The van der Waals surface area contributed by atoms with Crippen molar-refractivity contribution in [2.24, 2.45) is 0 Å². The van der Waals surface area contributed by atoms with Crippen LogP contribution in [0.5, 0.6) is 5.75 Å². The highest BCUT2D eigenvalue weighted by Gasteiger charge is 2.18. The monoisotopic (exact) mass is 377 g/mol. The van der Waals surface area contributed by atoms with E-state index in [0.29, 0.717) is 22.7 Å². The van der Waals surface area contributed by atoms with E-state index in [9.17, 15) is 9.59 Å². The summed E-state index contributed by atoms with van der Waals surface area (Å²) >= 11 is 0. The van der Waals surface area contributed by atoms with E-state index >= 15 is 0 Å². The summed E-state index contributed by atoms with van der Waals surface area (Å²) in [6.07, 6.45) is 0. The molecular formula is C22H23N3O3. The fourth-order valence-corrected chi connectivity index (χ4v) is 3.21. The smallest absolute Gasteiger partial charge is 0.257 e. The highest BCUT2D eigenvalue weighted by atomic mass is 16.5. The zero-order valence-electron chi connectivity index (χ0n) is 16.4. The van der Waals surface area contributed by atoms with E-state index in [1.54, 1.807) is 25.3 Å². The summed E-state index contributed by atoms with van der Waals surface area (Å²) in [4.78, 5) is 24.5. The molecule has 2 N–H and O–H groups in total. The molecule has 0 aliphatic carbocycles. The fraction of sp³-hybridized carbons (Fsp3) is 0.182. The molecule has 1 heterocycles. The van der Waals surface area contributed by atoms with Gasteiger partial charge in [0.05, 0.1) is 24.0 Å². The van der Waals surface area contributed by atoms with Crippen LogP contribution in [0.4, 0.5) is 11.4 Å². The van der Waals surface area contributed by atoms with Crippen LogP contribution in [0.3, 0.4) is 0 Å². The van der Waals surface area contributed by atoms with Crippen molar-refractivity contribution in [3.63, 3.8) is 0 Å². The van der Waals surface area contributed by atoms with Gasteiger partial charge in [-0.1, -0.05) is 18.2 Å². The maximum absolute atomic E-state index is 13.0. The number of anilines is 2. The number of aryl methyl sites for hydroxylation is 1. The Balaban J connectivity index is 1.95. The van der Waals surface area contributed by atoms with Crippen LogP contribution < -0.4 is 15.4 Å². The molecule has 0 unspecified atom stereocenters. The predicted molar refractivity (Wildman–Crippen MR) is 110 cm³/mol. The number of ether oxygens (including phenoxy) is 1. The molecule has 0 atom stereocenters. The first-order chi connectivity index (χ1) is 13.4. The van der Waals surface area contributed by atoms with Gasteiger partial charge in [0.2, 0.25) is 5.91 Å².